The van der Waals surface area contributed by atoms with Crippen LogP contribution in [0.2, 0.25) is 0 Å². The number of amides is 2. The number of carbonyl (C=O) groups excluding carboxylic acids is 3. The van der Waals surface area contributed by atoms with E-state index < -0.39 is 23.9 Å². The number of esters is 1. The van der Waals surface area contributed by atoms with Gasteiger partial charge in [-0.05, 0) is 61.4 Å². The number of nitrogens with zero attached hydrogens (tertiary/aromatic N) is 1. The van der Waals surface area contributed by atoms with Gasteiger partial charge in [0.05, 0.1) is 11.6 Å². The molecule has 166 valence electrons. The molecule has 0 aromatic heterocycles. The molecule has 0 heterocycles. The average Bonchev–Trinajstić information content (AvgIpc) is 2.77. The van der Waals surface area contributed by atoms with Gasteiger partial charge in [-0.25, -0.2) is 4.79 Å². The fourth-order valence-electron chi connectivity index (χ4n) is 3.30. The fraction of sp³-hybridized carbons (Fsp3) is 0.154. The van der Waals surface area contributed by atoms with Crippen LogP contribution < -0.4 is 10.6 Å². The number of aryl methyl sites for hydroxylation is 2. The summed E-state index contributed by atoms with van der Waals surface area (Å²) in [5.41, 5.74) is 3.81. The molecule has 7 nitrogen and oxygen atoms in total. The predicted octanol–water partition coefficient (Wildman–Crippen LogP) is 4.69. The van der Waals surface area contributed by atoms with Crippen LogP contribution in [0.1, 0.15) is 39.6 Å². The lowest BCUT2D eigenvalue weighted by Crippen LogP contribution is -2.26. The first-order valence-electron chi connectivity index (χ1n) is 10.3. The first-order chi connectivity index (χ1) is 15.9. The molecule has 0 saturated heterocycles. The van der Waals surface area contributed by atoms with Crippen molar-refractivity contribution in [3.05, 3.63) is 95.1 Å². The van der Waals surface area contributed by atoms with Crippen LogP contribution in [0.5, 0.6) is 0 Å². The Kier molecular flexibility index (Phi) is 7.55. The molecule has 2 amide bonds. The molecule has 0 spiro atoms. The van der Waals surface area contributed by atoms with E-state index >= 15 is 0 Å². The summed E-state index contributed by atoms with van der Waals surface area (Å²) in [6, 6.07) is 22.2. The van der Waals surface area contributed by atoms with Gasteiger partial charge in [0.15, 0.2) is 0 Å². The Labute approximate surface area is 192 Å². The Morgan fingerprint density at radius 3 is 2.12 bits per heavy atom. The second kappa shape index (κ2) is 10.7. The fourth-order valence-corrected chi connectivity index (χ4v) is 3.30. The number of benzene rings is 3. The summed E-state index contributed by atoms with van der Waals surface area (Å²) < 4.78 is 5.60. The van der Waals surface area contributed by atoms with E-state index in [1.165, 1.54) is 24.3 Å². The minimum Gasteiger partial charge on any atom is -0.444 e. The highest BCUT2D eigenvalue weighted by Gasteiger charge is 2.26. The molecule has 0 bridgehead atoms. The highest BCUT2D eigenvalue weighted by atomic mass is 16.5. The minimum absolute atomic E-state index is 0.216. The Balaban J connectivity index is 1.78. The summed E-state index contributed by atoms with van der Waals surface area (Å²) >= 11 is 0. The third kappa shape index (κ3) is 6.52. The zero-order valence-electron chi connectivity index (χ0n) is 18.3. The molecule has 3 aromatic rings. The van der Waals surface area contributed by atoms with Crippen LogP contribution in [0.4, 0.5) is 11.4 Å². The molecule has 3 rings (SSSR count). The number of carbonyl (C=O) groups is 3. The first-order valence-corrected chi connectivity index (χ1v) is 10.3. The minimum atomic E-state index is -1.16. The lowest BCUT2D eigenvalue weighted by molar-refractivity contribution is -0.125. The monoisotopic (exact) mass is 441 g/mol. The SMILES string of the molecule is Cc1cc(C)cc(NC(=O)[C@@H](OC(=O)c2ccc(NC(=O)CC#N)cc2)c2ccccc2)c1. The molecule has 0 fully saturated rings. The summed E-state index contributed by atoms with van der Waals surface area (Å²) in [5.74, 6) is -1.60. The predicted molar refractivity (Wildman–Crippen MR) is 124 cm³/mol. The van der Waals surface area contributed by atoms with Crippen molar-refractivity contribution in [1.29, 1.82) is 5.26 Å². The number of ether oxygens (including phenoxy) is 1. The molecule has 1 atom stereocenters. The van der Waals surface area contributed by atoms with Gasteiger partial charge >= 0.3 is 5.97 Å². The molecule has 0 saturated carbocycles. The van der Waals surface area contributed by atoms with Crippen molar-refractivity contribution in [3.8, 4) is 6.07 Å². The van der Waals surface area contributed by atoms with Crippen LogP contribution >= 0.6 is 0 Å². The molecule has 0 radical (unpaired) electrons. The maximum Gasteiger partial charge on any atom is 0.339 e. The van der Waals surface area contributed by atoms with Gasteiger partial charge in [0.25, 0.3) is 5.91 Å². The first kappa shape index (κ1) is 23.2. The molecule has 7 heteroatoms. The van der Waals surface area contributed by atoms with Crippen molar-refractivity contribution in [1.82, 2.24) is 0 Å². The van der Waals surface area contributed by atoms with E-state index in [1.807, 2.05) is 38.1 Å². The van der Waals surface area contributed by atoms with Crippen LogP contribution in [-0.2, 0) is 14.3 Å². The largest absolute Gasteiger partial charge is 0.444 e. The second-order valence-electron chi connectivity index (χ2n) is 7.52. The molecular formula is C26H23N3O4. The van der Waals surface area contributed by atoms with Crippen LogP contribution in [0.3, 0.4) is 0 Å². The van der Waals surface area contributed by atoms with Gasteiger partial charge in [-0.15, -0.1) is 0 Å². The Bertz CT molecular complexity index is 1180. The van der Waals surface area contributed by atoms with Gasteiger partial charge in [-0.2, -0.15) is 5.26 Å². The summed E-state index contributed by atoms with van der Waals surface area (Å²) in [7, 11) is 0. The van der Waals surface area contributed by atoms with E-state index in [9.17, 15) is 14.4 Å². The number of nitriles is 1. The maximum atomic E-state index is 13.1. The Morgan fingerprint density at radius 1 is 0.879 bits per heavy atom. The third-order valence-electron chi connectivity index (χ3n) is 4.70. The van der Waals surface area contributed by atoms with Crippen LogP contribution in [0.25, 0.3) is 0 Å². The van der Waals surface area contributed by atoms with Crippen molar-refractivity contribution in [3.63, 3.8) is 0 Å². The number of hydrogen-bond acceptors (Lipinski definition) is 5. The van der Waals surface area contributed by atoms with Gasteiger partial charge in [-0.3, -0.25) is 9.59 Å². The standard InChI is InChI=1S/C26H23N3O4/c1-17-14-18(2)16-22(15-17)29-25(31)24(19-6-4-3-5-7-19)33-26(32)20-8-10-21(11-9-20)28-23(30)12-13-27/h3-11,14-16,24H,12H2,1-2H3,(H,28,30)(H,29,31)/t24-/m0/s1. The maximum absolute atomic E-state index is 13.1. The molecule has 0 unspecified atom stereocenters. The number of hydrogen-bond donors (Lipinski definition) is 2. The summed E-state index contributed by atoms with van der Waals surface area (Å²) in [6.07, 6.45) is -1.42. The molecule has 0 aliphatic carbocycles. The van der Waals surface area contributed by atoms with Gasteiger partial charge in [0, 0.05) is 16.9 Å². The Morgan fingerprint density at radius 2 is 1.52 bits per heavy atom. The Hall–Kier alpha value is -4.44. The average molecular weight is 441 g/mol. The smallest absolute Gasteiger partial charge is 0.339 e. The molecule has 3 aromatic carbocycles. The highest BCUT2D eigenvalue weighted by molar-refractivity contribution is 5.98. The van der Waals surface area contributed by atoms with Gasteiger partial charge in [0.2, 0.25) is 12.0 Å². The zero-order chi connectivity index (χ0) is 23.8. The highest BCUT2D eigenvalue weighted by Crippen LogP contribution is 2.23. The van der Waals surface area contributed by atoms with E-state index in [0.717, 1.165) is 11.1 Å². The lowest BCUT2D eigenvalue weighted by Gasteiger charge is -2.18. The van der Waals surface area contributed by atoms with Crippen molar-refractivity contribution in [2.45, 2.75) is 26.4 Å². The van der Waals surface area contributed by atoms with Crippen LogP contribution in [0, 0.1) is 25.2 Å². The van der Waals surface area contributed by atoms with E-state index in [2.05, 4.69) is 10.6 Å². The summed E-state index contributed by atoms with van der Waals surface area (Å²) in [4.78, 5) is 37.4. The number of anilines is 2. The summed E-state index contributed by atoms with van der Waals surface area (Å²) in [6.45, 7) is 3.87. The molecular weight excluding hydrogens is 418 g/mol. The van der Waals surface area contributed by atoms with E-state index in [-0.39, 0.29) is 12.0 Å². The molecule has 0 aliphatic rings. The van der Waals surface area contributed by atoms with Crippen molar-refractivity contribution in [2.75, 3.05) is 10.6 Å². The van der Waals surface area contributed by atoms with Crippen LogP contribution in [0.15, 0.2) is 72.8 Å². The molecule has 2 N–H and O–H groups in total. The number of nitrogens with one attached hydrogen (secondary N) is 2. The molecule has 0 aliphatic heterocycles. The number of rotatable bonds is 7. The summed E-state index contributed by atoms with van der Waals surface area (Å²) in [5, 5.41) is 14.0. The van der Waals surface area contributed by atoms with E-state index in [1.54, 1.807) is 30.3 Å². The zero-order valence-corrected chi connectivity index (χ0v) is 18.3. The van der Waals surface area contributed by atoms with Crippen LogP contribution in [-0.4, -0.2) is 17.8 Å². The quantitative estimate of drug-likeness (QED) is 0.517. The second-order valence-corrected chi connectivity index (χ2v) is 7.52. The van der Waals surface area contributed by atoms with Gasteiger partial charge in [-0.1, -0.05) is 36.4 Å². The van der Waals surface area contributed by atoms with Crippen molar-refractivity contribution < 1.29 is 19.1 Å². The third-order valence-corrected chi connectivity index (χ3v) is 4.70. The molecule has 33 heavy (non-hydrogen) atoms. The van der Waals surface area contributed by atoms with Gasteiger partial charge < -0.3 is 15.4 Å². The topological polar surface area (TPSA) is 108 Å². The van der Waals surface area contributed by atoms with Crippen molar-refractivity contribution in [2.24, 2.45) is 0 Å². The van der Waals surface area contributed by atoms with Crippen molar-refractivity contribution >= 4 is 29.2 Å². The van der Waals surface area contributed by atoms with E-state index in [4.69, 9.17) is 10.00 Å². The van der Waals surface area contributed by atoms with Gasteiger partial charge in [0.1, 0.15) is 6.42 Å². The lowest BCUT2D eigenvalue weighted by atomic mass is 10.1. The van der Waals surface area contributed by atoms with E-state index in [0.29, 0.717) is 16.9 Å². The normalized spacial score (nSPS) is 11.1.